The van der Waals surface area contributed by atoms with Crippen LogP contribution in [0.5, 0.6) is 0 Å². The lowest BCUT2D eigenvalue weighted by molar-refractivity contribution is -0.147. The number of pyridine rings is 1. The minimum absolute atomic E-state index is 0.0239. The summed E-state index contributed by atoms with van der Waals surface area (Å²) in [5.41, 5.74) is 0.210. The molecule has 1 aromatic heterocycles. The third kappa shape index (κ3) is 3.22. The lowest BCUT2D eigenvalue weighted by Gasteiger charge is -2.41. The average molecular weight is 344 g/mol. The smallest absolute Gasteiger partial charge is 0.255 e. The molecule has 0 aliphatic carbocycles. The van der Waals surface area contributed by atoms with Gasteiger partial charge in [-0.05, 0) is 45.2 Å². The number of aromatic nitrogens is 1. The number of carbonyl (C=O) groups excluding carboxylic acids is 2. The van der Waals surface area contributed by atoms with Gasteiger partial charge >= 0.3 is 0 Å². The van der Waals surface area contributed by atoms with Crippen LogP contribution in [0.1, 0.15) is 43.5 Å². The van der Waals surface area contributed by atoms with Gasteiger partial charge in [0.25, 0.3) is 5.91 Å². The van der Waals surface area contributed by atoms with Gasteiger partial charge in [0.15, 0.2) is 0 Å². The Bertz CT molecular complexity index is 656. The predicted molar refractivity (Wildman–Crippen MR) is 97.6 cm³/mol. The molecule has 2 saturated heterocycles. The molecule has 0 bridgehead atoms. The second-order valence-electron chi connectivity index (χ2n) is 7.75. The number of anilines is 1. The van der Waals surface area contributed by atoms with E-state index in [-0.39, 0.29) is 23.3 Å². The van der Waals surface area contributed by atoms with Crippen molar-refractivity contribution in [1.29, 1.82) is 0 Å². The second kappa shape index (κ2) is 6.65. The number of rotatable bonds is 3. The van der Waals surface area contributed by atoms with Crippen LogP contribution in [-0.4, -0.2) is 66.4 Å². The number of amides is 2. The zero-order valence-corrected chi connectivity index (χ0v) is 15.7. The third-order valence-electron chi connectivity index (χ3n) is 5.49. The Morgan fingerprint density at radius 2 is 2.00 bits per heavy atom. The van der Waals surface area contributed by atoms with E-state index in [1.165, 1.54) is 0 Å². The lowest BCUT2D eigenvalue weighted by atomic mass is 9.78. The summed E-state index contributed by atoms with van der Waals surface area (Å²) in [5.74, 6) is 1.03. The van der Waals surface area contributed by atoms with Crippen molar-refractivity contribution in [3.05, 3.63) is 23.9 Å². The molecule has 3 rings (SSSR count). The summed E-state index contributed by atoms with van der Waals surface area (Å²) in [6, 6.07) is 3.89. The molecule has 6 heteroatoms. The van der Waals surface area contributed by atoms with Gasteiger partial charge in [-0.1, -0.05) is 0 Å². The Balaban J connectivity index is 1.73. The Morgan fingerprint density at radius 3 is 2.60 bits per heavy atom. The molecule has 0 radical (unpaired) electrons. The molecule has 1 atom stereocenters. The van der Waals surface area contributed by atoms with Crippen LogP contribution >= 0.6 is 0 Å². The SMILES string of the molecule is CC(C)N1CCC[C@@]2(CCN(C(=O)c3ccc(N(C)C)nc3)C2)C1=O. The first-order chi connectivity index (χ1) is 11.8. The van der Waals surface area contributed by atoms with Crippen LogP contribution in [-0.2, 0) is 4.79 Å². The topological polar surface area (TPSA) is 56.8 Å². The van der Waals surface area contributed by atoms with E-state index in [4.69, 9.17) is 0 Å². The molecule has 1 spiro atoms. The molecular formula is C19H28N4O2. The van der Waals surface area contributed by atoms with Crippen molar-refractivity contribution in [3.63, 3.8) is 0 Å². The fourth-order valence-electron chi connectivity index (χ4n) is 3.98. The largest absolute Gasteiger partial charge is 0.363 e. The highest BCUT2D eigenvalue weighted by Crippen LogP contribution is 2.41. The Hall–Kier alpha value is -2.11. The van der Waals surface area contributed by atoms with Crippen LogP contribution in [0, 0.1) is 5.41 Å². The number of hydrogen-bond acceptors (Lipinski definition) is 4. The summed E-state index contributed by atoms with van der Waals surface area (Å²) in [5, 5.41) is 0. The van der Waals surface area contributed by atoms with E-state index in [1.807, 2.05) is 40.9 Å². The summed E-state index contributed by atoms with van der Waals surface area (Å²) in [7, 11) is 3.84. The quantitative estimate of drug-likeness (QED) is 0.842. The standard InChI is InChI=1S/C19H28N4O2/c1-14(2)23-10-5-8-19(18(23)25)9-11-22(13-19)17(24)15-6-7-16(20-12-15)21(3)4/h6-7,12,14H,5,8-11,13H2,1-4H3/t19-/m0/s1. The second-order valence-corrected chi connectivity index (χ2v) is 7.75. The van der Waals surface area contributed by atoms with Gasteiger partial charge in [-0.2, -0.15) is 0 Å². The van der Waals surface area contributed by atoms with Crippen LogP contribution in [0.25, 0.3) is 0 Å². The molecule has 6 nitrogen and oxygen atoms in total. The van der Waals surface area contributed by atoms with Gasteiger partial charge in [0, 0.05) is 46.0 Å². The van der Waals surface area contributed by atoms with E-state index < -0.39 is 0 Å². The molecule has 2 aliphatic heterocycles. The molecule has 0 unspecified atom stereocenters. The summed E-state index contributed by atoms with van der Waals surface area (Å²) >= 11 is 0. The highest BCUT2D eigenvalue weighted by atomic mass is 16.2. The summed E-state index contributed by atoms with van der Waals surface area (Å²) in [6.07, 6.45) is 4.30. The van der Waals surface area contributed by atoms with E-state index in [0.717, 1.165) is 31.6 Å². The van der Waals surface area contributed by atoms with E-state index in [0.29, 0.717) is 18.7 Å². The average Bonchev–Trinajstić information content (AvgIpc) is 3.01. The van der Waals surface area contributed by atoms with Crippen molar-refractivity contribution in [3.8, 4) is 0 Å². The highest BCUT2D eigenvalue weighted by molar-refractivity contribution is 5.95. The van der Waals surface area contributed by atoms with Crippen LogP contribution in [0.2, 0.25) is 0 Å². The minimum atomic E-state index is -0.380. The maximum atomic E-state index is 13.0. The lowest BCUT2D eigenvalue weighted by Crippen LogP contribution is -2.52. The summed E-state index contributed by atoms with van der Waals surface area (Å²) in [4.78, 5) is 35.8. The molecule has 1 aromatic rings. The van der Waals surface area contributed by atoms with Gasteiger partial charge in [-0.25, -0.2) is 4.98 Å². The van der Waals surface area contributed by atoms with Gasteiger partial charge in [-0.15, -0.1) is 0 Å². The van der Waals surface area contributed by atoms with Crippen LogP contribution in [0.15, 0.2) is 18.3 Å². The molecule has 136 valence electrons. The molecule has 0 N–H and O–H groups in total. The van der Waals surface area contributed by atoms with Gasteiger partial charge < -0.3 is 14.7 Å². The molecule has 0 aromatic carbocycles. The Kier molecular flexibility index (Phi) is 4.71. The first-order valence-electron chi connectivity index (χ1n) is 9.08. The molecular weight excluding hydrogens is 316 g/mol. The van der Waals surface area contributed by atoms with Crippen molar-refractivity contribution in [2.24, 2.45) is 5.41 Å². The Morgan fingerprint density at radius 1 is 1.24 bits per heavy atom. The minimum Gasteiger partial charge on any atom is -0.363 e. The van der Waals surface area contributed by atoms with E-state index in [9.17, 15) is 9.59 Å². The number of carbonyl (C=O) groups is 2. The van der Waals surface area contributed by atoms with Crippen LogP contribution < -0.4 is 4.90 Å². The van der Waals surface area contributed by atoms with Crippen molar-refractivity contribution in [2.45, 2.75) is 39.2 Å². The van der Waals surface area contributed by atoms with E-state index in [1.54, 1.807) is 6.20 Å². The van der Waals surface area contributed by atoms with Crippen molar-refractivity contribution < 1.29 is 9.59 Å². The third-order valence-corrected chi connectivity index (χ3v) is 5.49. The molecule has 25 heavy (non-hydrogen) atoms. The van der Waals surface area contributed by atoms with E-state index in [2.05, 4.69) is 18.8 Å². The van der Waals surface area contributed by atoms with Crippen molar-refractivity contribution >= 4 is 17.6 Å². The van der Waals surface area contributed by atoms with Gasteiger partial charge in [0.1, 0.15) is 5.82 Å². The van der Waals surface area contributed by atoms with E-state index >= 15 is 0 Å². The number of piperidine rings is 1. The highest BCUT2D eigenvalue weighted by Gasteiger charge is 2.49. The predicted octanol–water partition coefficient (Wildman–Crippen LogP) is 2.01. The molecule has 0 saturated carbocycles. The monoisotopic (exact) mass is 344 g/mol. The maximum absolute atomic E-state index is 13.0. The summed E-state index contributed by atoms with van der Waals surface area (Å²) in [6.45, 7) is 6.14. The zero-order chi connectivity index (χ0) is 18.2. The summed E-state index contributed by atoms with van der Waals surface area (Å²) < 4.78 is 0. The first-order valence-corrected chi connectivity index (χ1v) is 9.08. The molecule has 2 amide bonds. The maximum Gasteiger partial charge on any atom is 0.255 e. The van der Waals surface area contributed by atoms with Gasteiger partial charge in [0.2, 0.25) is 5.91 Å². The molecule has 2 fully saturated rings. The van der Waals surface area contributed by atoms with Crippen molar-refractivity contribution in [2.75, 3.05) is 38.6 Å². The fourth-order valence-corrected chi connectivity index (χ4v) is 3.98. The van der Waals surface area contributed by atoms with Gasteiger partial charge in [-0.3, -0.25) is 9.59 Å². The van der Waals surface area contributed by atoms with Crippen LogP contribution in [0.3, 0.4) is 0 Å². The van der Waals surface area contributed by atoms with Crippen LogP contribution in [0.4, 0.5) is 5.82 Å². The van der Waals surface area contributed by atoms with Crippen molar-refractivity contribution in [1.82, 2.24) is 14.8 Å². The number of hydrogen-bond donors (Lipinski definition) is 0. The molecule has 3 heterocycles. The fraction of sp³-hybridized carbons (Fsp3) is 0.632. The molecule has 2 aliphatic rings. The normalized spacial score (nSPS) is 23.6. The number of nitrogens with zero attached hydrogens (tertiary/aromatic N) is 4. The first kappa shape index (κ1) is 17.7. The van der Waals surface area contributed by atoms with Gasteiger partial charge in [0.05, 0.1) is 11.0 Å². The number of likely N-dealkylation sites (tertiary alicyclic amines) is 2. The Labute approximate surface area is 149 Å². The zero-order valence-electron chi connectivity index (χ0n) is 15.7.